The molecule has 1 aromatic carbocycles. The van der Waals surface area contributed by atoms with Crippen molar-refractivity contribution < 1.29 is 19.4 Å². The molecule has 2 heterocycles. The molecule has 0 fully saturated rings. The number of halogens is 1. The van der Waals surface area contributed by atoms with Crippen molar-refractivity contribution in [3.8, 4) is 5.69 Å². The lowest BCUT2D eigenvalue weighted by atomic mass is 10.1. The quantitative estimate of drug-likeness (QED) is 0.820. The Hall–Kier alpha value is -2.38. The summed E-state index contributed by atoms with van der Waals surface area (Å²) in [6, 6.07) is 4.40. The van der Waals surface area contributed by atoms with Crippen LogP contribution in [-0.2, 0) is 17.7 Å². The zero-order valence-corrected chi connectivity index (χ0v) is 13.8. The van der Waals surface area contributed by atoms with Crippen molar-refractivity contribution in [2.75, 3.05) is 13.2 Å². The highest BCUT2D eigenvalue weighted by Crippen LogP contribution is 2.27. The molecule has 24 heavy (non-hydrogen) atoms. The third-order valence-electron chi connectivity index (χ3n) is 3.82. The zero-order valence-electron chi connectivity index (χ0n) is 13.0. The number of fused-ring (bicyclic) bond motifs is 1. The van der Waals surface area contributed by atoms with E-state index in [1.54, 1.807) is 11.6 Å². The summed E-state index contributed by atoms with van der Waals surface area (Å²) in [6.45, 7) is 3.22. The molecule has 0 spiro atoms. The summed E-state index contributed by atoms with van der Waals surface area (Å²) in [5.41, 5.74) is 2.36. The van der Waals surface area contributed by atoms with Gasteiger partial charge in [0, 0.05) is 25.1 Å². The zero-order chi connectivity index (χ0) is 17.3. The van der Waals surface area contributed by atoms with Crippen LogP contribution in [-0.4, -0.2) is 40.0 Å². The Morgan fingerprint density at radius 3 is 2.96 bits per heavy atom. The molecule has 2 aromatic rings. The van der Waals surface area contributed by atoms with Gasteiger partial charge < -0.3 is 15.2 Å². The van der Waals surface area contributed by atoms with Crippen molar-refractivity contribution in [1.29, 1.82) is 0 Å². The number of hydrogen-bond acceptors (Lipinski definition) is 5. The van der Waals surface area contributed by atoms with Gasteiger partial charge in [0.05, 0.1) is 28.6 Å². The van der Waals surface area contributed by atoms with Gasteiger partial charge in [-0.25, -0.2) is 14.3 Å². The fraction of sp³-hybridized carbons (Fsp3) is 0.312. The van der Waals surface area contributed by atoms with Gasteiger partial charge >= 0.3 is 11.9 Å². The number of carbonyl (C=O) groups is 2. The minimum absolute atomic E-state index is 0.102. The van der Waals surface area contributed by atoms with Gasteiger partial charge in [0.15, 0.2) is 5.69 Å². The molecule has 0 saturated carbocycles. The monoisotopic (exact) mass is 349 g/mol. The van der Waals surface area contributed by atoms with Crippen LogP contribution in [0.25, 0.3) is 5.69 Å². The number of carbonyl (C=O) groups excluding carboxylic acids is 1. The van der Waals surface area contributed by atoms with E-state index in [-0.39, 0.29) is 17.9 Å². The lowest BCUT2D eigenvalue weighted by Gasteiger charge is -2.16. The molecule has 2 N–H and O–H groups in total. The number of aromatic carboxylic acids is 1. The Morgan fingerprint density at radius 1 is 1.46 bits per heavy atom. The molecule has 3 rings (SSSR count). The number of rotatable bonds is 4. The van der Waals surface area contributed by atoms with Crippen LogP contribution in [0.4, 0.5) is 0 Å². The fourth-order valence-electron chi connectivity index (χ4n) is 2.72. The molecule has 0 atom stereocenters. The molecule has 0 bridgehead atoms. The Kier molecular flexibility index (Phi) is 4.55. The van der Waals surface area contributed by atoms with Gasteiger partial charge in [-0.15, -0.1) is 0 Å². The van der Waals surface area contributed by atoms with Crippen molar-refractivity contribution in [3.05, 3.63) is 45.7 Å². The van der Waals surface area contributed by atoms with E-state index in [9.17, 15) is 14.7 Å². The number of hydrogen-bond donors (Lipinski definition) is 2. The van der Waals surface area contributed by atoms with Gasteiger partial charge in [-0.05, 0) is 25.1 Å². The molecule has 8 heteroatoms. The van der Waals surface area contributed by atoms with Crippen LogP contribution >= 0.6 is 11.6 Å². The number of esters is 1. The first kappa shape index (κ1) is 16.5. The molecule has 126 valence electrons. The number of carboxylic acids is 1. The van der Waals surface area contributed by atoms with Gasteiger partial charge in [-0.2, -0.15) is 5.10 Å². The molecule has 1 aliphatic rings. The second kappa shape index (κ2) is 6.62. The summed E-state index contributed by atoms with van der Waals surface area (Å²) < 4.78 is 6.62. The normalized spacial score (nSPS) is 13.4. The van der Waals surface area contributed by atoms with E-state index in [1.807, 2.05) is 0 Å². The first-order valence-electron chi connectivity index (χ1n) is 7.54. The highest BCUT2D eigenvalue weighted by atomic mass is 35.5. The van der Waals surface area contributed by atoms with E-state index >= 15 is 0 Å². The van der Waals surface area contributed by atoms with E-state index in [1.165, 1.54) is 18.2 Å². The van der Waals surface area contributed by atoms with Gasteiger partial charge in [-0.1, -0.05) is 11.6 Å². The van der Waals surface area contributed by atoms with E-state index in [4.69, 9.17) is 16.3 Å². The molecule has 0 aliphatic carbocycles. The molecule has 0 amide bonds. The maximum atomic E-state index is 12.2. The molecule has 7 nitrogen and oxygen atoms in total. The first-order chi connectivity index (χ1) is 11.5. The topological polar surface area (TPSA) is 93.5 Å². The third-order valence-corrected chi connectivity index (χ3v) is 4.14. The van der Waals surface area contributed by atoms with Crippen molar-refractivity contribution in [2.45, 2.75) is 19.9 Å². The summed E-state index contributed by atoms with van der Waals surface area (Å²) in [5, 5.41) is 17.1. The predicted molar refractivity (Wildman–Crippen MR) is 86.9 cm³/mol. The minimum Gasteiger partial charge on any atom is -0.478 e. The van der Waals surface area contributed by atoms with Crippen LogP contribution < -0.4 is 5.32 Å². The molecular weight excluding hydrogens is 334 g/mol. The fourth-order valence-corrected chi connectivity index (χ4v) is 2.92. The predicted octanol–water partition coefficient (Wildman–Crippen LogP) is 2.05. The number of ether oxygens (including phenoxy) is 1. The number of nitrogens with zero attached hydrogens (tertiary/aromatic N) is 2. The van der Waals surface area contributed by atoms with E-state index in [0.717, 1.165) is 17.8 Å². The standard InChI is InChI=1S/C16H16ClN3O4/c1-2-24-16(23)14-10-8-18-6-5-12(10)20(19-14)13-7-9(15(21)22)3-4-11(13)17/h3-4,7,18H,2,5-6,8H2,1H3,(H,21,22). The molecule has 0 unspecified atom stereocenters. The van der Waals surface area contributed by atoms with E-state index in [2.05, 4.69) is 10.4 Å². The maximum absolute atomic E-state index is 12.2. The highest BCUT2D eigenvalue weighted by molar-refractivity contribution is 6.32. The van der Waals surface area contributed by atoms with Crippen LogP contribution in [0.3, 0.4) is 0 Å². The number of carboxylic acid groups (broad SMARTS) is 1. The van der Waals surface area contributed by atoms with Gasteiger partial charge in [-0.3, -0.25) is 0 Å². The van der Waals surface area contributed by atoms with Gasteiger partial charge in [0.1, 0.15) is 0 Å². The third kappa shape index (κ3) is 2.88. The molecule has 0 saturated heterocycles. The van der Waals surface area contributed by atoms with Crippen molar-refractivity contribution >= 4 is 23.5 Å². The summed E-state index contributed by atoms with van der Waals surface area (Å²) in [4.78, 5) is 23.4. The smallest absolute Gasteiger partial charge is 0.359 e. The molecule has 1 aromatic heterocycles. The molecular formula is C16H16ClN3O4. The van der Waals surface area contributed by atoms with Crippen LogP contribution in [0.2, 0.25) is 5.02 Å². The van der Waals surface area contributed by atoms with Crippen LogP contribution in [0.5, 0.6) is 0 Å². The Labute approximate surface area is 143 Å². The Balaban J connectivity index is 2.16. The van der Waals surface area contributed by atoms with Crippen molar-refractivity contribution in [2.24, 2.45) is 0 Å². The van der Waals surface area contributed by atoms with Gasteiger partial charge in [0.25, 0.3) is 0 Å². The second-order valence-electron chi connectivity index (χ2n) is 5.30. The highest BCUT2D eigenvalue weighted by Gasteiger charge is 2.27. The lowest BCUT2D eigenvalue weighted by molar-refractivity contribution is 0.0517. The van der Waals surface area contributed by atoms with Crippen LogP contribution in [0, 0.1) is 0 Å². The van der Waals surface area contributed by atoms with Crippen LogP contribution in [0.15, 0.2) is 18.2 Å². The first-order valence-corrected chi connectivity index (χ1v) is 7.92. The van der Waals surface area contributed by atoms with E-state index < -0.39 is 11.9 Å². The Morgan fingerprint density at radius 2 is 2.25 bits per heavy atom. The maximum Gasteiger partial charge on any atom is 0.359 e. The number of benzene rings is 1. The number of nitrogens with one attached hydrogen (secondary N) is 1. The SMILES string of the molecule is CCOC(=O)c1nn(-c2cc(C(=O)O)ccc2Cl)c2c1CNCC2. The van der Waals surface area contributed by atoms with Crippen molar-refractivity contribution in [3.63, 3.8) is 0 Å². The molecule has 0 radical (unpaired) electrons. The average Bonchev–Trinajstić information content (AvgIpc) is 2.95. The summed E-state index contributed by atoms with van der Waals surface area (Å²) in [5.74, 6) is -1.55. The lowest BCUT2D eigenvalue weighted by Crippen LogP contribution is -2.25. The number of aromatic nitrogens is 2. The summed E-state index contributed by atoms with van der Waals surface area (Å²) in [6.07, 6.45) is 0.648. The minimum atomic E-state index is -1.05. The molecule has 1 aliphatic heterocycles. The largest absolute Gasteiger partial charge is 0.478 e. The van der Waals surface area contributed by atoms with E-state index in [0.29, 0.717) is 23.7 Å². The van der Waals surface area contributed by atoms with Gasteiger partial charge in [0.2, 0.25) is 0 Å². The summed E-state index contributed by atoms with van der Waals surface area (Å²) in [7, 11) is 0. The van der Waals surface area contributed by atoms with Crippen LogP contribution in [0.1, 0.15) is 39.0 Å². The average molecular weight is 350 g/mol. The summed E-state index contributed by atoms with van der Waals surface area (Å²) >= 11 is 6.24. The Bertz CT molecular complexity index is 816. The van der Waals surface area contributed by atoms with Crippen molar-refractivity contribution in [1.82, 2.24) is 15.1 Å². The second-order valence-corrected chi connectivity index (χ2v) is 5.71.